The minimum absolute atomic E-state index is 0.745. The smallest absolute Gasteiger partial charge is 0.00966 e. The summed E-state index contributed by atoms with van der Waals surface area (Å²) >= 11 is 0. The molecule has 0 aliphatic carbocycles. The van der Waals surface area contributed by atoms with Gasteiger partial charge in [-0.05, 0) is 72.3 Å². The molecule has 0 aromatic heterocycles. The van der Waals surface area contributed by atoms with E-state index in [2.05, 4.69) is 36.0 Å². The van der Waals surface area contributed by atoms with Gasteiger partial charge in [-0.25, -0.2) is 0 Å². The zero-order chi connectivity index (χ0) is 13.0. The van der Waals surface area contributed by atoms with Gasteiger partial charge >= 0.3 is 0 Å². The quantitative estimate of drug-likeness (QED) is 0.829. The first kappa shape index (κ1) is 14.3. The Morgan fingerprint density at radius 2 is 1.83 bits per heavy atom. The lowest BCUT2D eigenvalue weighted by atomic mass is 9.97. The zero-order valence-corrected chi connectivity index (χ0v) is 12.5. The second-order valence-electron chi connectivity index (χ2n) is 6.28. The van der Waals surface area contributed by atoms with Crippen LogP contribution in [0.4, 0.5) is 0 Å². The molecule has 1 N–H and O–H groups in total. The van der Waals surface area contributed by atoms with E-state index in [1.54, 1.807) is 0 Å². The second kappa shape index (κ2) is 6.88. The van der Waals surface area contributed by atoms with E-state index in [4.69, 9.17) is 0 Å². The van der Waals surface area contributed by atoms with Gasteiger partial charge < -0.3 is 15.1 Å². The van der Waals surface area contributed by atoms with E-state index in [1.165, 1.54) is 58.3 Å². The number of hydrogen-bond donors (Lipinski definition) is 1. The summed E-state index contributed by atoms with van der Waals surface area (Å²) < 4.78 is 0. The molecule has 3 unspecified atom stereocenters. The zero-order valence-electron chi connectivity index (χ0n) is 12.5. The molecule has 0 saturated carbocycles. The standard InChI is InChI=1S/C15H31N3/c1-4-18-9-5-6-14(8-11-18)16-15-7-10-17(3)13(2)12-15/h13-16H,4-12H2,1-3H3. The highest BCUT2D eigenvalue weighted by Crippen LogP contribution is 2.18. The topological polar surface area (TPSA) is 18.5 Å². The first-order valence-corrected chi connectivity index (χ1v) is 7.87. The van der Waals surface area contributed by atoms with Crippen molar-refractivity contribution in [1.29, 1.82) is 0 Å². The average molecular weight is 253 g/mol. The summed E-state index contributed by atoms with van der Waals surface area (Å²) in [5.74, 6) is 0. The fraction of sp³-hybridized carbons (Fsp3) is 1.00. The van der Waals surface area contributed by atoms with Crippen molar-refractivity contribution in [3.8, 4) is 0 Å². The third kappa shape index (κ3) is 3.94. The molecule has 2 aliphatic rings. The summed E-state index contributed by atoms with van der Waals surface area (Å²) in [6.45, 7) is 9.71. The van der Waals surface area contributed by atoms with Crippen molar-refractivity contribution < 1.29 is 0 Å². The van der Waals surface area contributed by atoms with Gasteiger partial charge in [-0.15, -0.1) is 0 Å². The Balaban J connectivity index is 1.75. The number of piperidine rings is 1. The second-order valence-corrected chi connectivity index (χ2v) is 6.28. The summed E-state index contributed by atoms with van der Waals surface area (Å²) in [5.41, 5.74) is 0. The Kier molecular flexibility index (Phi) is 5.46. The average Bonchev–Trinajstić information content (AvgIpc) is 2.59. The lowest BCUT2D eigenvalue weighted by Crippen LogP contribution is -2.48. The van der Waals surface area contributed by atoms with E-state index < -0.39 is 0 Å². The van der Waals surface area contributed by atoms with Crippen molar-refractivity contribution in [2.75, 3.05) is 33.2 Å². The molecule has 2 saturated heterocycles. The maximum atomic E-state index is 3.94. The van der Waals surface area contributed by atoms with Gasteiger partial charge in [-0.2, -0.15) is 0 Å². The normalized spacial score (nSPS) is 36.5. The highest BCUT2D eigenvalue weighted by molar-refractivity contribution is 4.85. The lowest BCUT2D eigenvalue weighted by Gasteiger charge is -2.37. The molecule has 2 aliphatic heterocycles. The van der Waals surface area contributed by atoms with Crippen LogP contribution < -0.4 is 5.32 Å². The number of likely N-dealkylation sites (tertiary alicyclic amines) is 2. The number of nitrogens with zero attached hydrogens (tertiary/aromatic N) is 2. The predicted molar refractivity (Wildman–Crippen MR) is 78.0 cm³/mol. The van der Waals surface area contributed by atoms with Crippen molar-refractivity contribution in [3.05, 3.63) is 0 Å². The summed E-state index contributed by atoms with van der Waals surface area (Å²) in [7, 11) is 2.26. The maximum Gasteiger partial charge on any atom is 0.00966 e. The van der Waals surface area contributed by atoms with Crippen LogP contribution >= 0.6 is 0 Å². The van der Waals surface area contributed by atoms with Crippen LogP contribution in [0.1, 0.15) is 46.0 Å². The molecule has 0 spiro atoms. The molecule has 0 radical (unpaired) electrons. The molecule has 2 rings (SSSR count). The molecule has 3 atom stereocenters. The minimum Gasteiger partial charge on any atom is -0.311 e. The Labute approximate surface area is 113 Å². The molecule has 0 amide bonds. The Hall–Kier alpha value is -0.120. The number of rotatable bonds is 3. The fourth-order valence-electron chi connectivity index (χ4n) is 3.41. The SMILES string of the molecule is CCN1CCCC(NC2CCN(C)C(C)C2)CC1. The van der Waals surface area contributed by atoms with Crippen molar-refractivity contribution >= 4 is 0 Å². The van der Waals surface area contributed by atoms with Gasteiger partial charge in [-0.3, -0.25) is 0 Å². The first-order chi connectivity index (χ1) is 8.69. The molecule has 0 aromatic carbocycles. The van der Waals surface area contributed by atoms with E-state index in [9.17, 15) is 0 Å². The van der Waals surface area contributed by atoms with Crippen molar-refractivity contribution in [1.82, 2.24) is 15.1 Å². The summed E-state index contributed by atoms with van der Waals surface area (Å²) in [6.07, 6.45) is 6.73. The monoisotopic (exact) mass is 253 g/mol. The fourth-order valence-corrected chi connectivity index (χ4v) is 3.41. The van der Waals surface area contributed by atoms with Crippen molar-refractivity contribution in [2.24, 2.45) is 0 Å². The van der Waals surface area contributed by atoms with Crippen LogP contribution in [0.5, 0.6) is 0 Å². The lowest BCUT2D eigenvalue weighted by molar-refractivity contribution is 0.160. The van der Waals surface area contributed by atoms with Crippen LogP contribution in [-0.4, -0.2) is 61.2 Å². The predicted octanol–water partition coefficient (Wildman–Crippen LogP) is 1.93. The van der Waals surface area contributed by atoms with Gasteiger partial charge in [0, 0.05) is 18.1 Å². The van der Waals surface area contributed by atoms with E-state index >= 15 is 0 Å². The third-order valence-corrected chi connectivity index (χ3v) is 4.95. The van der Waals surface area contributed by atoms with E-state index in [0.717, 1.165) is 18.1 Å². The van der Waals surface area contributed by atoms with Gasteiger partial charge in [0.05, 0.1) is 0 Å². The number of hydrogen-bond acceptors (Lipinski definition) is 3. The third-order valence-electron chi connectivity index (χ3n) is 4.95. The van der Waals surface area contributed by atoms with E-state index in [1.807, 2.05) is 0 Å². The molecule has 2 fully saturated rings. The Bertz CT molecular complexity index is 244. The van der Waals surface area contributed by atoms with Crippen LogP contribution in [0.15, 0.2) is 0 Å². The van der Waals surface area contributed by atoms with E-state index in [-0.39, 0.29) is 0 Å². The molecular formula is C15H31N3. The highest BCUT2D eigenvalue weighted by Gasteiger charge is 2.25. The highest BCUT2D eigenvalue weighted by atomic mass is 15.2. The van der Waals surface area contributed by atoms with Crippen LogP contribution in [0.2, 0.25) is 0 Å². The Morgan fingerprint density at radius 1 is 1.06 bits per heavy atom. The van der Waals surface area contributed by atoms with Gasteiger partial charge in [0.1, 0.15) is 0 Å². The first-order valence-electron chi connectivity index (χ1n) is 7.87. The summed E-state index contributed by atoms with van der Waals surface area (Å²) in [6, 6.07) is 2.27. The van der Waals surface area contributed by atoms with Crippen LogP contribution in [0.25, 0.3) is 0 Å². The van der Waals surface area contributed by atoms with Gasteiger partial charge in [-0.1, -0.05) is 6.92 Å². The van der Waals surface area contributed by atoms with Gasteiger partial charge in [0.25, 0.3) is 0 Å². The molecular weight excluding hydrogens is 222 g/mol. The van der Waals surface area contributed by atoms with Crippen LogP contribution in [0, 0.1) is 0 Å². The number of nitrogens with one attached hydrogen (secondary N) is 1. The van der Waals surface area contributed by atoms with Crippen LogP contribution in [0.3, 0.4) is 0 Å². The van der Waals surface area contributed by atoms with Crippen LogP contribution in [-0.2, 0) is 0 Å². The molecule has 106 valence electrons. The molecule has 0 aromatic rings. The Morgan fingerprint density at radius 3 is 2.56 bits per heavy atom. The largest absolute Gasteiger partial charge is 0.311 e. The summed E-state index contributed by atoms with van der Waals surface area (Å²) in [4.78, 5) is 5.09. The molecule has 3 heteroatoms. The van der Waals surface area contributed by atoms with Gasteiger partial charge in [0.2, 0.25) is 0 Å². The molecule has 18 heavy (non-hydrogen) atoms. The summed E-state index contributed by atoms with van der Waals surface area (Å²) in [5, 5.41) is 3.94. The van der Waals surface area contributed by atoms with Gasteiger partial charge in [0.15, 0.2) is 0 Å². The maximum absolute atomic E-state index is 3.94. The minimum atomic E-state index is 0.745. The van der Waals surface area contributed by atoms with Crippen molar-refractivity contribution in [3.63, 3.8) is 0 Å². The van der Waals surface area contributed by atoms with E-state index in [0.29, 0.717) is 0 Å². The molecule has 3 nitrogen and oxygen atoms in total. The molecule has 0 bridgehead atoms. The van der Waals surface area contributed by atoms with Crippen molar-refractivity contribution in [2.45, 2.75) is 64.1 Å². The molecule has 2 heterocycles.